The van der Waals surface area contributed by atoms with E-state index in [2.05, 4.69) is 20.5 Å². The predicted octanol–water partition coefficient (Wildman–Crippen LogP) is 4.92. The van der Waals surface area contributed by atoms with Crippen LogP contribution in [0.1, 0.15) is 33.8 Å². The minimum atomic E-state index is -0.590. The van der Waals surface area contributed by atoms with E-state index in [0.717, 1.165) is 46.5 Å². The average molecular weight is 492 g/mol. The van der Waals surface area contributed by atoms with Crippen molar-refractivity contribution < 1.29 is 13.9 Å². The first kappa shape index (κ1) is 23.3. The highest BCUT2D eigenvalue weighted by atomic mass is 32.1. The lowest BCUT2D eigenvalue weighted by molar-refractivity contribution is 0.0968. The Bertz CT molecular complexity index is 1400. The Morgan fingerprint density at radius 3 is 2.74 bits per heavy atom. The molecule has 2 aromatic carbocycles. The molecule has 1 aliphatic rings. The summed E-state index contributed by atoms with van der Waals surface area (Å²) in [6.45, 7) is 5.32. The molecule has 35 heavy (non-hydrogen) atoms. The Kier molecular flexibility index (Phi) is 6.44. The Balaban J connectivity index is 1.61. The molecule has 1 N–H and O–H groups in total. The normalized spacial score (nSPS) is 15.8. The number of amides is 1. The van der Waals surface area contributed by atoms with Crippen molar-refractivity contribution in [1.82, 2.24) is 20.5 Å². The third kappa shape index (κ3) is 4.49. The number of fused-ring (bicyclic) bond motifs is 1. The molecule has 180 valence electrons. The lowest BCUT2D eigenvalue weighted by atomic mass is 10.0. The van der Waals surface area contributed by atoms with Crippen LogP contribution in [0.15, 0.2) is 42.6 Å². The van der Waals surface area contributed by atoms with E-state index in [0.29, 0.717) is 22.9 Å². The molecule has 4 aromatic rings. The van der Waals surface area contributed by atoms with Crippen LogP contribution in [0.4, 0.5) is 10.2 Å². The maximum atomic E-state index is 15.4. The minimum Gasteiger partial charge on any atom is -0.497 e. The summed E-state index contributed by atoms with van der Waals surface area (Å²) in [5, 5.41) is 14.7. The fourth-order valence-corrected chi connectivity index (χ4v) is 5.31. The fraction of sp³-hybridized carbons (Fsp3) is 0.308. The van der Waals surface area contributed by atoms with Gasteiger partial charge in [0.05, 0.1) is 18.7 Å². The summed E-state index contributed by atoms with van der Waals surface area (Å²) in [5.74, 6) is 0.265. The molecule has 1 atom stereocenters. The van der Waals surface area contributed by atoms with Crippen molar-refractivity contribution in [1.29, 1.82) is 0 Å². The number of pyridine rings is 1. The van der Waals surface area contributed by atoms with E-state index in [-0.39, 0.29) is 11.6 Å². The molecule has 0 spiro atoms. The highest BCUT2D eigenvalue weighted by Gasteiger charge is 2.32. The number of rotatable bonds is 5. The van der Waals surface area contributed by atoms with Crippen LogP contribution in [-0.2, 0) is 0 Å². The topological polar surface area (TPSA) is 80.2 Å². The average Bonchev–Trinajstić information content (AvgIpc) is 3.30. The Morgan fingerprint density at radius 2 is 2.06 bits per heavy atom. The van der Waals surface area contributed by atoms with Crippen LogP contribution in [0, 0.1) is 19.7 Å². The SMILES string of the molecule is COc1cc(C)c2c(N(C(=O)c3ccc(-c4nnc(C)s4)cc3F)[C@@H]3CCCNC3)nccc2c1. The van der Waals surface area contributed by atoms with Gasteiger partial charge in [-0.2, -0.15) is 0 Å². The van der Waals surface area contributed by atoms with Gasteiger partial charge in [-0.15, -0.1) is 10.2 Å². The van der Waals surface area contributed by atoms with E-state index in [1.807, 2.05) is 32.0 Å². The number of hydrogen-bond acceptors (Lipinski definition) is 7. The van der Waals surface area contributed by atoms with Gasteiger partial charge in [-0.3, -0.25) is 9.69 Å². The number of aryl methyl sites for hydroxylation is 2. The van der Waals surface area contributed by atoms with Crippen molar-refractivity contribution in [3.8, 4) is 16.3 Å². The maximum Gasteiger partial charge on any atom is 0.262 e. The molecule has 0 saturated carbocycles. The first-order valence-corrected chi connectivity index (χ1v) is 12.4. The van der Waals surface area contributed by atoms with Gasteiger partial charge in [-0.05, 0) is 74.5 Å². The molecule has 0 bridgehead atoms. The van der Waals surface area contributed by atoms with E-state index in [9.17, 15) is 4.79 Å². The first-order chi connectivity index (χ1) is 17.0. The van der Waals surface area contributed by atoms with Gasteiger partial charge in [-0.1, -0.05) is 17.4 Å². The highest BCUT2D eigenvalue weighted by molar-refractivity contribution is 7.14. The van der Waals surface area contributed by atoms with E-state index in [1.165, 1.54) is 23.5 Å². The number of benzene rings is 2. The van der Waals surface area contributed by atoms with Gasteiger partial charge in [0.1, 0.15) is 27.4 Å². The van der Waals surface area contributed by atoms with Crippen molar-refractivity contribution >= 4 is 33.8 Å². The van der Waals surface area contributed by atoms with Crippen LogP contribution in [0.3, 0.4) is 0 Å². The number of piperidine rings is 1. The van der Waals surface area contributed by atoms with Crippen LogP contribution in [0.5, 0.6) is 5.75 Å². The largest absolute Gasteiger partial charge is 0.497 e. The monoisotopic (exact) mass is 491 g/mol. The number of nitrogens with one attached hydrogen (secondary N) is 1. The van der Waals surface area contributed by atoms with Crippen LogP contribution >= 0.6 is 11.3 Å². The van der Waals surface area contributed by atoms with E-state index in [4.69, 9.17) is 4.74 Å². The predicted molar refractivity (Wildman–Crippen MR) is 136 cm³/mol. The van der Waals surface area contributed by atoms with Crippen LogP contribution in [-0.4, -0.2) is 47.3 Å². The first-order valence-electron chi connectivity index (χ1n) is 11.5. The number of ether oxygens (including phenoxy) is 1. The Morgan fingerprint density at radius 1 is 1.20 bits per heavy atom. The maximum absolute atomic E-state index is 15.4. The van der Waals surface area contributed by atoms with Gasteiger partial charge in [0.2, 0.25) is 0 Å². The number of aromatic nitrogens is 3. The number of anilines is 1. The molecular weight excluding hydrogens is 465 g/mol. The van der Waals surface area contributed by atoms with Crippen LogP contribution < -0.4 is 15.0 Å². The van der Waals surface area contributed by atoms with Gasteiger partial charge in [-0.25, -0.2) is 9.37 Å². The molecular formula is C26H26FN5O2S. The molecule has 0 unspecified atom stereocenters. The zero-order valence-electron chi connectivity index (χ0n) is 19.8. The molecule has 0 radical (unpaired) electrons. The van der Waals surface area contributed by atoms with Crippen LogP contribution in [0.2, 0.25) is 0 Å². The number of carbonyl (C=O) groups excluding carboxylic acids is 1. The molecule has 2 aromatic heterocycles. The minimum absolute atomic E-state index is 0.00512. The second-order valence-electron chi connectivity index (χ2n) is 8.67. The van der Waals surface area contributed by atoms with E-state index in [1.54, 1.807) is 24.3 Å². The number of halogens is 1. The second-order valence-corrected chi connectivity index (χ2v) is 9.85. The van der Waals surface area contributed by atoms with E-state index < -0.39 is 11.7 Å². The zero-order chi connectivity index (χ0) is 24.5. The molecule has 0 aliphatic carbocycles. The summed E-state index contributed by atoms with van der Waals surface area (Å²) >= 11 is 1.38. The van der Waals surface area contributed by atoms with Gasteiger partial charge in [0, 0.05) is 23.7 Å². The van der Waals surface area contributed by atoms with Gasteiger partial charge in [0.25, 0.3) is 5.91 Å². The molecule has 3 heterocycles. The summed E-state index contributed by atoms with van der Waals surface area (Å²) in [5.41, 5.74) is 1.54. The summed E-state index contributed by atoms with van der Waals surface area (Å²) in [7, 11) is 1.63. The Hall–Kier alpha value is -3.43. The van der Waals surface area contributed by atoms with Crippen molar-refractivity contribution in [2.45, 2.75) is 32.7 Å². The highest BCUT2D eigenvalue weighted by Crippen LogP contribution is 2.34. The fourth-order valence-electron chi connectivity index (χ4n) is 4.62. The summed E-state index contributed by atoms with van der Waals surface area (Å²) in [6, 6.07) is 10.2. The zero-order valence-corrected chi connectivity index (χ0v) is 20.7. The van der Waals surface area contributed by atoms with Crippen LogP contribution in [0.25, 0.3) is 21.3 Å². The summed E-state index contributed by atoms with van der Waals surface area (Å²) < 4.78 is 20.8. The molecule has 5 rings (SSSR count). The molecule has 1 amide bonds. The smallest absolute Gasteiger partial charge is 0.262 e. The number of carbonyl (C=O) groups is 1. The van der Waals surface area contributed by atoms with Crippen molar-refractivity contribution in [2.75, 3.05) is 25.1 Å². The molecule has 1 fully saturated rings. The van der Waals surface area contributed by atoms with Crippen molar-refractivity contribution in [2.24, 2.45) is 0 Å². The molecule has 7 nitrogen and oxygen atoms in total. The molecule has 1 aliphatic heterocycles. The van der Waals surface area contributed by atoms with Crippen molar-refractivity contribution in [3.63, 3.8) is 0 Å². The third-order valence-corrected chi connectivity index (χ3v) is 7.19. The van der Waals surface area contributed by atoms with Crippen molar-refractivity contribution in [3.05, 3.63) is 64.5 Å². The summed E-state index contributed by atoms with van der Waals surface area (Å²) in [6.07, 6.45) is 3.41. The van der Waals surface area contributed by atoms with Gasteiger partial charge in [0.15, 0.2) is 0 Å². The Labute approximate surface area is 207 Å². The molecule has 9 heteroatoms. The van der Waals surface area contributed by atoms with Gasteiger partial charge >= 0.3 is 0 Å². The van der Waals surface area contributed by atoms with E-state index >= 15 is 4.39 Å². The number of methoxy groups -OCH3 is 1. The lowest BCUT2D eigenvalue weighted by Gasteiger charge is -2.35. The van der Waals surface area contributed by atoms with Gasteiger partial charge < -0.3 is 10.1 Å². The third-order valence-electron chi connectivity index (χ3n) is 6.31. The quantitative estimate of drug-likeness (QED) is 0.427. The summed E-state index contributed by atoms with van der Waals surface area (Å²) in [4.78, 5) is 20.3. The second kappa shape index (κ2) is 9.67. The standard InChI is InChI=1S/C26H26FN5O2S/c1-15-11-20(34-3)12-17-8-10-29-24(23(15)17)32(19-5-4-9-28-14-19)26(33)21-7-6-18(13-22(21)27)25-31-30-16(2)35-25/h6-8,10-13,19,28H,4-5,9,14H2,1-3H3/t19-/m1/s1. The lowest BCUT2D eigenvalue weighted by Crippen LogP contribution is -2.49. The number of nitrogens with zero attached hydrogens (tertiary/aromatic N) is 4. The number of hydrogen-bond donors (Lipinski definition) is 1. The molecule has 1 saturated heterocycles.